The van der Waals surface area contributed by atoms with E-state index in [0.717, 1.165) is 35.9 Å². The molecule has 1 aliphatic heterocycles. The second-order valence-electron chi connectivity index (χ2n) is 3.82. The van der Waals surface area contributed by atoms with Crippen LogP contribution in [0.15, 0.2) is 24.4 Å². The number of hydrogen-bond acceptors (Lipinski definition) is 3. The molecule has 0 atom stereocenters. The van der Waals surface area contributed by atoms with Crippen LogP contribution in [-0.2, 0) is 12.2 Å². The van der Waals surface area contributed by atoms with Crippen molar-refractivity contribution in [3.8, 4) is 17.0 Å². The third-order valence-corrected chi connectivity index (χ3v) is 3.08. The Morgan fingerprint density at radius 1 is 1.44 bits per heavy atom. The maximum Gasteiger partial charge on any atom is 0.122 e. The molecule has 0 saturated heterocycles. The number of rotatable bonds is 2. The molecule has 3 nitrogen and oxygen atoms in total. The number of thiol groups is 1. The molecule has 0 saturated carbocycles. The minimum atomic E-state index is 0.633. The zero-order chi connectivity index (χ0) is 11.0. The fourth-order valence-electron chi connectivity index (χ4n) is 1.94. The zero-order valence-corrected chi connectivity index (χ0v) is 9.63. The molecule has 0 spiro atoms. The third kappa shape index (κ3) is 1.59. The van der Waals surface area contributed by atoms with E-state index in [1.54, 1.807) is 0 Å². The van der Waals surface area contributed by atoms with Gasteiger partial charge in [0.15, 0.2) is 0 Å². The van der Waals surface area contributed by atoms with Gasteiger partial charge in [0.25, 0.3) is 0 Å². The average Bonchev–Trinajstić information content (AvgIpc) is 2.96. The van der Waals surface area contributed by atoms with E-state index in [1.165, 1.54) is 5.56 Å². The van der Waals surface area contributed by atoms with E-state index >= 15 is 0 Å². The highest BCUT2D eigenvalue weighted by Gasteiger charge is 2.13. The third-order valence-electron chi connectivity index (χ3n) is 2.78. The lowest BCUT2D eigenvalue weighted by Gasteiger charge is -2.01. The van der Waals surface area contributed by atoms with Gasteiger partial charge in [-0.2, -0.15) is 12.6 Å². The van der Waals surface area contributed by atoms with Crippen LogP contribution in [0.5, 0.6) is 5.75 Å². The van der Waals surface area contributed by atoms with Crippen molar-refractivity contribution in [2.45, 2.75) is 12.2 Å². The first kappa shape index (κ1) is 9.78. The molecule has 16 heavy (non-hydrogen) atoms. The van der Waals surface area contributed by atoms with Crippen molar-refractivity contribution >= 4 is 12.6 Å². The monoisotopic (exact) mass is 232 g/mol. The number of benzene rings is 1. The molecular weight excluding hydrogens is 220 g/mol. The number of aromatic amines is 1. The molecule has 0 unspecified atom stereocenters. The van der Waals surface area contributed by atoms with Gasteiger partial charge in [-0.3, -0.25) is 0 Å². The highest BCUT2D eigenvalue weighted by Crippen LogP contribution is 2.29. The predicted molar refractivity (Wildman–Crippen MR) is 65.9 cm³/mol. The first-order valence-corrected chi connectivity index (χ1v) is 5.91. The molecule has 0 bridgehead atoms. The predicted octanol–water partition coefficient (Wildman–Crippen LogP) is 2.44. The molecule has 0 fully saturated rings. The Morgan fingerprint density at radius 3 is 3.19 bits per heavy atom. The Kier molecular flexibility index (Phi) is 2.36. The number of aromatic nitrogens is 2. The number of fused-ring (bicyclic) bond motifs is 1. The standard InChI is InChI=1S/C12H12N2OS/c16-7-12-13-6-10(14-12)8-1-2-11-9(5-8)3-4-15-11/h1-2,5-6,16H,3-4,7H2,(H,13,14). The van der Waals surface area contributed by atoms with Gasteiger partial charge in [-0.1, -0.05) is 0 Å². The second-order valence-corrected chi connectivity index (χ2v) is 4.14. The quantitative estimate of drug-likeness (QED) is 0.780. The largest absolute Gasteiger partial charge is 0.493 e. The van der Waals surface area contributed by atoms with Gasteiger partial charge in [0, 0.05) is 17.7 Å². The molecule has 2 aromatic rings. The van der Waals surface area contributed by atoms with Gasteiger partial charge in [-0.15, -0.1) is 0 Å². The maximum absolute atomic E-state index is 5.48. The first-order chi connectivity index (χ1) is 7.86. The molecule has 1 aromatic carbocycles. The molecule has 4 heteroatoms. The van der Waals surface area contributed by atoms with E-state index in [-0.39, 0.29) is 0 Å². The molecule has 1 aromatic heterocycles. The summed E-state index contributed by atoms with van der Waals surface area (Å²) in [6, 6.07) is 6.25. The van der Waals surface area contributed by atoms with Crippen LogP contribution >= 0.6 is 12.6 Å². The van der Waals surface area contributed by atoms with Crippen molar-refractivity contribution in [2.75, 3.05) is 6.61 Å². The Bertz CT molecular complexity index is 521. The van der Waals surface area contributed by atoms with Crippen LogP contribution in [0.25, 0.3) is 11.3 Å². The number of hydrogen-bond donors (Lipinski definition) is 2. The smallest absolute Gasteiger partial charge is 0.122 e. The summed E-state index contributed by atoms with van der Waals surface area (Å²) in [6.07, 6.45) is 2.85. The summed E-state index contributed by atoms with van der Waals surface area (Å²) >= 11 is 4.19. The SMILES string of the molecule is SCc1ncc(-c2ccc3c(c2)CCO3)[nH]1. The molecule has 2 heterocycles. The van der Waals surface area contributed by atoms with Crippen molar-refractivity contribution in [2.24, 2.45) is 0 Å². The van der Waals surface area contributed by atoms with E-state index in [4.69, 9.17) is 4.74 Å². The van der Waals surface area contributed by atoms with Crippen LogP contribution in [0.1, 0.15) is 11.4 Å². The summed E-state index contributed by atoms with van der Waals surface area (Å²) in [6.45, 7) is 0.795. The van der Waals surface area contributed by atoms with E-state index in [9.17, 15) is 0 Å². The van der Waals surface area contributed by atoms with Gasteiger partial charge in [0.1, 0.15) is 11.6 Å². The summed E-state index contributed by atoms with van der Waals surface area (Å²) in [5.41, 5.74) is 3.48. The summed E-state index contributed by atoms with van der Waals surface area (Å²) in [5, 5.41) is 0. The van der Waals surface area contributed by atoms with Gasteiger partial charge in [0.2, 0.25) is 0 Å². The topological polar surface area (TPSA) is 37.9 Å². The molecule has 1 aliphatic rings. The van der Waals surface area contributed by atoms with Gasteiger partial charge in [0.05, 0.1) is 18.5 Å². The summed E-state index contributed by atoms with van der Waals surface area (Å²) < 4.78 is 5.48. The lowest BCUT2D eigenvalue weighted by Crippen LogP contribution is -1.85. The molecule has 3 rings (SSSR count). The van der Waals surface area contributed by atoms with Crippen molar-refractivity contribution in [1.29, 1.82) is 0 Å². The van der Waals surface area contributed by atoms with Gasteiger partial charge < -0.3 is 9.72 Å². The fourth-order valence-corrected chi connectivity index (χ4v) is 2.10. The maximum atomic E-state index is 5.48. The number of imidazole rings is 1. The number of H-pyrrole nitrogens is 1. The van der Waals surface area contributed by atoms with E-state index in [2.05, 4.69) is 34.7 Å². The first-order valence-electron chi connectivity index (χ1n) is 5.27. The molecule has 1 N–H and O–H groups in total. The van der Waals surface area contributed by atoms with E-state index in [0.29, 0.717) is 5.75 Å². The Balaban J connectivity index is 2.00. The lowest BCUT2D eigenvalue weighted by molar-refractivity contribution is 0.357. The summed E-state index contributed by atoms with van der Waals surface area (Å²) in [5.74, 6) is 2.54. The van der Waals surface area contributed by atoms with E-state index < -0.39 is 0 Å². The fraction of sp³-hybridized carbons (Fsp3) is 0.250. The highest BCUT2D eigenvalue weighted by molar-refractivity contribution is 7.79. The summed E-state index contributed by atoms with van der Waals surface area (Å²) in [7, 11) is 0. The van der Waals surface area contributed by atoms with Crippen molar-refractivity contribution in [3.05, 3.63) is 35.8 Å². The van der Waals surface area contributed by atoms with Crippen LogP contribution in [0, 0.1) is 0 Å². The minimum absolute atomic E-state index is 0.633. The van der Waals surface area contributed by atoms with E-state index in [1.807, 2.05) is 12.3 Å². The molecular formula is C12H12N2OS. The summed E-state index contributed by atoms with van der Waals surface area (Å²) in [4.78, 5) is 7.48. The van der Waals surface area contributed by atoms with Crippen molar-refractivity contribution in [3.63, 3.8) is 0 Å². The van der Waals surface area contributed by atoms with Crippen molar-refractivity contribution < 1.29 is 4.74 Å². The van der Waals surface area contributed by atoms with Crippen molar-refractivity contribution in [1.82, 2.24) is 9.97 Å². The Hall–Kier alpha value is -1.42. The number of nitrogens with one attached hydrogen (secondary N) is 1. The van der Waals surface area contributed by atoms with Gasteiger partial charge in [-0.05, 0) is 23.8 Å². The highest BCUT2D eigenvalue weighted by atomic mass is 32.1. The minimum Gasteiger partial charge on any atom is -0.493 e. The van der Waals surface area contributed by atoms with Crippen LogP contribution in [0.4, 0.5) is 0 Å². The van der Waals surface area contributed by atoms with Crippen LogP contribution in [0.3, 0.4) is 0 Å². The molecule has 0 amide bonds. The Morgan fingerprint density at radius 2 is 2.38 bits per heavy atom. The second kappa shape index (κ2) is 3.87. The van der Waals surface area contributed by atoms with Crippen LogP contribution < -0.4 is 4.74 Å². The lowest BCUT2D eigenvalue weighted by atomic mass is 10.1. The van der Waals surface area contributed by atoms with Gasteiger partial charge in [-0.25, -0.2) is 4.98 Å². The zero-order valence-electron chi connectivity index (χ0n) is 8.73. The normalized spacial score (nSPS) is 13.6. The molecule has 0 radical (unpaired) electrons. The molecule has 82 valence electrons. The number of ether oxygens (including phenoxy) is 1. The average molecular weight is 232 g/mol. The van der Waals surface area contributed by atoms with Crippen LogP contribution in [-0.4, -0.2) is 16.6 Å². The molecule has 0 aliphatic carbocycles. The number of nitrogens with zero attached hydrogens (tertiary/aromatic N) is 1. The van der Waals surface area contributed by atoms with Crippen LogP contribution in [0.2, 0.25) is 0 Å². The Labute approximate surface area is 99.3 Å². The van der Waals surface area contributed by atoms with Gasteiger partial charge >= 0.3 is 0 Å².